The SMILES string of the molecule is CN(C)c1n[c-]nc2nc[nH]c12.[Y]. The normalized spacial score (nSPS) is 9.69. The van der Waals surface area contributed by atoms with Crippen molar-refractivity contribution in [1.29, 1.82) is 0 Å². The number of hydrogen-bond donors (Lipinski definition) is 1. The van der Waals surface area contributed by atoms with Crippen molar-refractivity contribution >= 4 is 17.0 Å². The number of imidazole rings is 1. The summed E-state index contributed by atoms with van der Waals surface area (Å²) in [6.45, 7) is 0. The molecule has 0 aliphatic carbocycles. The molecule has 1 radical (unpaired) electrons. The third-order valence-electron chi connectivity index (χ3n) is 1.58. The number of H-pyrrole nitrogens is 1. The summed E-state index contributed by atoms with van der Waals surface area (Å²) in [5.74, 6) is 0.803. The van der Waals surface area contributed by atoms with Gasteiger partial charge in [0.25, 0.3) is 0 Å². The summed E-state index contributed by atoms with van der Waals surface area (Å²) in [6.07, 6.45) is 4.14. The first-order valence-corrected chi connectivity index (χ1v) is 3.53. The van der Waals surface area contributed by atoms with Gasteiger partial charge in [0, 0.05) is 50.4 Å². The van der Waals surface area contributed by atoms with E-state index in [-0.39, 0.29) is 32.7 Å². The van der Waals surface area contributed by atoms with E-state index in [2.05, 4.69) is 26.3 Å². The van der Waals surface area contributed by atoms with Crippen LogP contribution in [0.5, 0.6) is 0 Å². The molecular weight excluding hydrogens is 243 g/mol. The number of rotatable bonds is 1. The minimum absolute atomic E-state index is 0. The van der Waals surface area contributed by atoms with Crippen LogP contribution in [0, 0.1) is 6.33 Å². The fourth-order valence-electron chi connectivity index (χ4n) is 1.04. The Morgan fingerprint density at radius 3 is 2.85 bits per heavy atom. The number of nitrogens with one attached hydrogen (secondary N) is 1. The first-order chi connectivity index (χ1) is 5.79. The van der Waals surface area contributed by atoms with E-state index in [1.165, 1.54) is 0 Å². The summed E-state index contributed by atoms with van der Waals surface area (Å²) in [5, 5.41) is 0. The van der Waals surface area contributed by atoms with Gasteiger partial charge in [-0.3, -0.25) is 4.98 Å². The number of aromatic nitrogens is 4. The second-order valence-electron chi connectivity index (χ2n) is 2.64. The van der Waals surface area contributed by atoms with Gasteiger partial charge < -0.3 is 19.9 Å². The van der Waals surface area contributed by atoms with Crippen molar-refractivity contribution in [2.24, 2.45) is 0 Å². The van der Waals surface area contributed by atoms with E-state index in [0.29, 0.717) is 5.65 Å². The van der Waals surface area contributed by atoms with Gasteiger partial charge in [-0.05, 0) is 14.1 Å². The molecule has 0 aliphatic rings. The summed E-state index contributed by atoms with van der Waals surface area (Å²) in [4.78, 5) is 16.7. The van der Waals surface area contributed by atoms with Crippen molar-refractivity contribution in [2.75, 3.05) is 19.0 Å². The van der Waals surface area contributed by atoms with E-state index in [4.69, 9.17) is 0 Å². The molecule has 2 rings (SSSR count). The number of anilines is 1. The Morgan fingerprint density at radius 1 is 1.38 bits per heavy atom. The van der Waals surface area contributed by atoms with Crippen molar-refractivity contribution in [2.45, 2.75) is 0 Å². The Bertz CT molecular complexity index is 396. The molecule has 65 valence electrons. The molecule has 6 heteroatoms. The third-order valence-corrected chi connectivity index (χ3v) is 1.58. The number of aromatic amines is 1. The minimum atomic E-state index is 0. The van der Waals surface area contributed by atoms with Crippen LogP contribution in [0.4, 0.5) is 5.82 Å². The largest absolute Gasteiger partial charge is 0.413 e. The molecule has 0 saturated carbocycles. The second-order valence-corrected chi connectivity index (χ2v) is 2.64. The van der Waals surface area contributed by atoms with E-state index in [1.54, 1.807) is 6.33 Å². The average Bonchev–Trinajstić information content (AvgIpc) is 2.49. The number of hydrogen-bond acceptors (Lipinski definition) is 4. The van der Waals surface area contributed by atoms with Crippen LogP contribution in [-0.4, -0.2) is 34.0 Å². The smallest absolute Gasteiger partial charge is 0.0791 e. The van der Waals surface area contributed by atoms with Gasteiger partial charge >= 0.3 is 0 Å². The van der Waals surface area contributed by atoms with Crippen LogP contribution in [0.1, 0.15) is 0 Å². The molecule has 2 heterocycles. The number of nitrogens with zero attached hydrogens (tertiary/aromatic N) is 4. The quantitative estimate of drug-likeness (QED) is 0.736. The van der Waals surface area contributed by atoms with Gasteiger partial charge in [0.15, 0.2) is 0 Å². The van der Waals surface area contributed by atoms with E-state index >= 15 is 0 Å². The van der Waals surface area contributed by atoms with Crippen LogP contribution in [-0.2, 0) is 32.7 Å². The summed E-state index contributed by atoms with van der Waals surface area (Å²) in [6, 6.07) is 0. The predicted molar refractivity (Wildman–Crippen MR) is 44.8 cm³/mol. The molecule has 5 nitrogen and oxygen atoms in total. The molecule has 1 N–H and O–H groups in total. The molecule has 0 amide bonds. The standard InChI is InChI=1S/C7H8N5.Y/c1-12(2)7-5-6(9-3-8-5)10-4-11-7;/h3H,1-2H3,(H,8,9,10,11);/q-1;. The van der Waals surface area contributed by atoms with Crippen molar-refractivity contribution < 1.29 is 32.7 Å². The van der Waals surface area contributed by atoms with Gasteiger partial charge in [-0.1, -0.05) is 0 Å². The zero-order valence-corrected chi connectivity index (χ0v) is 10.3. The summed E-state index contributed by atoms with van der Waals surface area (Å²) >= 11 is 0. The molecule has 13 heavy (non-hydrogen) atoms. The molecule has 2 aromatic rings. The van der Waals surface area contributed by atoms with E-state index in [0.717, 1.165) is 11.3 Å². The molecule has 2 aromatic heterocycles. The Balaban J connectivity index is 0.000000845. The molecule has 0 aromatic carbocycles. The number of fused-ring (bicyclic) bond motifs is 1. The Hall–Kier alpha value is -0.546. The maximum atomic E-state index is 4.00. The third kappa shape index (κ3) is 1.86. The Labute approximate surface area is 101 Å². The predicted octanol–water partition coefficient (Wildman–Crippen LogP) is 0.217. The van der Waals surface area contributed by atoms with Crippen molar-refractivity contribution in [3.63, 3.8) is 0 Å². The maximum Gasteiger partial charge on any atom is 0.0791 e. The van der Waals surface area contributed by atoms with Gasteiger partial charge in [-0.15, -0.1) is 0 Å². The van der Waals surface area contributed by atoms with Crippen LogP contribution < -0.4 is 4.90 Å². The summed E-state index contributed by atoms with van der Waals surface area (Å²) in [5.41, 5.74) is 1.49. The first kappa shape index (κ1) is 10.5. The Morgan fingerprint density at radius 2 is 2.15 bits per heavy atom. The molecule has 0 bridgehead atoms. The zero-order chi connectivity index (χ0) is 8.55. The monoisotopic (exact) mass is 251 g/mol. The van der Waals surface area contributed by atoms with Gasteiger partial charge in [-0.25, -0.2) is 0 Å². The van der Waals surface area contributed by atoms with Gasteiger partial charge in [0.1, 0.15) is 0 Å². The first-order valence-electron chi connectivity index (χ1n) is 3.53. The van der Waals surface area contributed by atoms with Crippen LogP contribution >= 0.6 is 0 Å². The van der Waals surface area contributed by atoms with Crippen molar-refractivity contribution in [1.82, 2.24) is 19.9 Å². The molecule has 0 unspecified atom stereocenters. The van der Waals surface area contributed by atoms with Crippen molar-refractivity contribution in [3.8, 4) is 0 Å². The average molecular weight is 251 g/mol. The van der Waals surface area contributed by atoms with E-state index < -0.39 is 0 Å². The topological polar surface area (TPSA) is 57.7 Å². The summed E-state index contributed by atoms with van der Waals surface area (Å²) in [7, 11) is 3.83. The molecule has 0 spiro atoms. The van der Waals surface area contributed by atoms with E-state index in [1.807, 2.05) is 19.0 Å². The Kier molecular flexibility index (Phi) is 3.33. The van der Waals surface area contributed by atoms with Gasteiger partial charge in [-0.2, -0.15) is 0 Å². The molecule has 0 aliphatic heterocycles. The fourth-order valence-corrected chi connectivity index (χ4v) is 1.04. The van der Waals surface area contributed by atoms with Crippen LogP contribution in [0.3, 0.4) is 0 Å². The molecular formula is C7H8N5Y-. The van der Waals surface area contributed by atoms with Crippen molar-refractivity contribution in [3.05, 3.63) is 12.7 Å². The van der Waals surface area contributed by atoms with Crippen LogP contribution in [0.25, 0.3) is 11.2 Å². The molecule has 0 saturated heterocycles. The van der Waals surface area contributed by atoms with Crippen LogP contribution in [0.15, 0.2) is 6.33 Å². The summed E-state index contributed by atoms with van der Waals surface area (Å²) < 4.78 is 0. The molecule has 0 fully saturated rings. The van der Waals surface area contributed by atoms with Gasteiger partial charge in [0.2, 0.25) is 0 Å². The maximum absolute atomic E-state index is 4.00. The van der Waals surface area contributed by atoms with E-state index in [9.17, 15) is 0 Å². The van der Waals surface area contributed by atoms with Gasteiger partial charge in [0.05, 0.1) is 12.0 Å². The zero-order valence-electron chi connectivity index (χ0n) is 7.44. The van der Waals surface area contributed by atoms with Crippen LogP contribution in [0.2, 0.25) is 0 Å². The fraction of sp³-hybridized carbons (Fsp3) is 0.286. The minimum Gasteiger partial charge on any atom is -0.413 e. The second kappa shape index (κ2) is 4.11. The molecule has 0 atom stereocenters.